The van der Waals surface area contributed by atoms with Crippen molar-refractivity contribution >= 4 is 17.7 Å². The lowest BCUT2D eigenvalue weighted by molar-refractivity contribution is -0.136. The Balaban J connectivity index is 3.63. The van der Waals surface area contributed by atoms with Crippen LogP contribution in [0.1, 0.15) is 26.2 Å². The van der Waals surface area contributed by atoms with Crippen LogP contribution in [0.4, 0.5) is 0 Å². The number of aliphatic carboxylic acids is 1. The molecule has 12 heavy (non-hydrogen) atoms. The zero-order valence-corrected chi connectivity index (χ0v) is 8.27. The van der Waals surface area contributed by atoms with E-state index in [1.807, 2.05) is 13.0 Å². The molecular formula is C9H16O2S. The second-order valence-corrected chi connectivity index (χ2v) is 3.87. The largest absolute Gasteiger partial charge is 0.480 e. The molecule has 0 aromatic heterocycles. The van der Waals surface area contributed by atoms with Gasteiger partial charge in [0.05, 0.1) is 0 Å². The van der Waals surface area contributed by atoms with Gasteiger partial charge in [0.2, 0.25) is 0 Å². The van der Waals surface area contributed by atoms with Gasteiger partial charge >= 0.3 is 5.97 Å². The van der Waals surface area contributed by atoms with Crippen LogP contribution in [0.5, 0.6) is 0 Å². The number of rotatable bonds is 7. The maximum absolute atomic E-state index is 10.6. The van der Waals surface area contributed by atoms with Crippen molar-refractivity contribution in [2.24, 2.45) is 0 Å². The van der Waals surface area contributed by atoms with Gasteiger partial charge < -0.3 is 5.11 Å². The van der Waals surface area contributed by atoms with E-state index in [4.69, 9.17) is 5.11 Å². The molecule has 1 unspecified atom stereocenters. The Morgan fingerprint density at radius 3 is 2.83 bits per heavy atom. The highest BCUT2D eigenvalue weighted by Gasteiger charge is 2.15. The van der Waals surface area contributed by atoms with Crippen LogP contribution in [-0.2, 0) is 4.79 Å². The van der Waals surface area contributed by atoms with Gasteiger partial charge in [0.1, 0.15) is 5.25 Å². The molecule has 2 nitrogen and oxygen atoms in total. The lowest BCUT2D eigenvalue weighted by Crippen LogP contribution is -2.16. The summed E-state index contributed by atoms with van der Waals surface area (Å²) < 4.78 is 0. The molecule has 0 spiro atoms. The first-order valence-corrected chi connectivity index (χ1v) is 5.22. The summed E-state index contributed by atoms with van der Waals surface area (Å²) >= 11 is 1.51. The molecule has 0 rings (SSSR count). The van der Waals surface area contributed by atoms with Gasteiger partial charge in [0, 0.05) is 0 Å². The normalized spacial score (nSPS) is 12.4. The molecule has 0 radical (unpaired) electrons. The van der Waals surface area contributed by atoms with E-state index >= 15 is 0 Å². The monoisotopic (exact) mass is 188 g/mol. The molecule has 70 valence electrons. The van der Waals surface area contributed by atoms with E-state index in [1.54, 1.807) is 0 Å². The molecule has 0 fully saturated rings. The number of thioether (sulfide) groups is 1. The minimum Gasteiger partial charge on any atom is -0.480 e. The predicted molar refractivity (Wildman–Crippen MR) is 53.6 cm³/mol. The number of carboxylic acid groups (broad SMARTS) is 1. The van der Waals surface area contributed by atoms with Gasteiger partial charge in [0.15, 0.2) is 0 Å². The molecule has 0 aliphatic carbocycles. The van der Waals surface area contributed by atoms with Gasteiger partial charge in [-0.1, -0.05) is 19.4 Å². The Morgan fingerprint density at radius 2 is 2.42 bits per heavy atom. The van der Waals surface area contributed by atoms with Crippen LogP contribution in [0.3, 0.4) is 0 Å². The van der Waals surface area contributed by atoms with Crippen molar-refractivity contribution in [3.8, 4) is 0 Å². The summed E-state index contributed by atoms with van der Waals surface area (Å²) in [5.74, 6) is 0.173. The van der Waals surface area contributed by atoms with E-state index in [-0.39, 0.29) is 5.25 Å². The number of allylic oxidation sites excluding steroid dienone is 1. The number of carbonyl (C=O) groups is 1. The van der Waals surface area contributed by atoms with E-state index in [1.165, 1.54) is 11.8 Å². The number of hydrogen-bond acceptors (Lipinski definition) is 2. The molecule has 0 bridgehead atoms. The summed E-state index contributed by atoms with van der Waals surface area (Å²) in [4.78, 5) is 10.6. The zero-order valence-electron chi connectivity index (χ0n) is 7.45. The SMILES string of the molecule is C=CCCSC(CCC)C(=O)O. The van der Waals surface area contributed by atoms with E-state index in [0.29, 0.717) is 0 Å². The summed E-state index contributed by atoms with van der Waals surface area (Å²) in [6.07, 6.45) is 4.39. The fraction of sp³-hybridized carbons (Fsp3) is 0.667. The van der Waals surface area contributed by atoms with Crippen LogP contribution in [0.25, 0.3) is 0 Å². The Hall–Kier alpha value is -0.440. The van der Waals surface area contributed by atoms with E-state index < -0.39 is 5.97 Å². The summed E-state index contributed by atoms with van der Waals surface area (Å²) in [5.41, 5.74) is 0. The Morgan fingerprint density at radius 1 is 1.75 bits per heavy atom. The van der Waals surface area contributed by atoms with Crippen LogP contribution in [-0.4, -0.2) is 22.1 Å². The molecule has 0 aromatic carbocycles. The first-order valence-electron chi connectivity index (χ1n) is 4.17. The van der Waals surface area contributed by atoms with Crippen LogP contribution < -0.4 is 0 Å². The molecule has 0 saturated carbocycles. The number of carboxylic acids is 1. The molecule has 0 aliphatic rings. The molecule has 0 saturated heterocycles. The lowest BCUT2D eigenvalue weighted by Gasteiger charge is -2.08. The third-order valence-corrected chi connectivity index (χ3v) is 2.78. The average molecular weight is 188 g/mol. The molecule has 0 heterocycles. The molecule has 3 heteroatoms. The van der Waals surface area contributed by atoms with Crippen molar-refractivity contribution in [1.29, 1.82) is 0 Å². The van der Waals surface area contributed by atoms with Crippen LogP contribution in [0, 0.1) is 0 Å². The first kappa shape index (κ1) is 11.6. The van der Waals surface area contributed by atoms with Gasteiger partial charge in [-0.15, -0.1) is 18.3 Å². The summed E-state index contributed by atoms with van der Waals surface area (Å²) in [5, 5.41) is 8.53. The summed E-state index contributed by atoms with van der Waals surface area (Å²) in [7, 11) is 0. The predicted octanol–water partition coefficient (Wildman–Crippen LogP) is 2.55. The Kier molecular flexibility index (Phi) is 6.96. The van der Waals surface area contributed by atoms with E-state index in [9.17, 15) is 4.79 Å². The second-order valence-electron chi connectivity index (χ2n) is 2.56. The smallest absolute Gasteiger partial charge is 0.316 e. The molecule has 1 atom stereocenters. The van der Waals surface area contributed by atoms with Gasteiger partial charge in [0.25, 0.3) is 0 Å². The van der Waals surface area contributed by atoms with Crippen LogP contribution >= 0.6 is 11.8 Å². The molecule has 1 N–H and O–H groups in total. The van der Waals surface area contributed by atoms with E-state index in [2.05, 4.69) is 6.58 Å². The first-order chi connectivity index (χ1) is 5.72. The van der Waals surface area contributed by atoms with Crippen LogP contribution in [0.2, 0.25) is 0 Å². The third kappa shape index (κ3) is 5.24. The van der Waals surface area contributed by atoms with Crippen molar-refractivity contribution in [2.75, 3.05) is 5.75 Å². The minimum atomic E-state index is -0.689. The third-order valence-electron chi connectivity index (χ3n) is 1.47. The average Bonchev–Trinajstić information content (AvgIpc) is 2.03. The zero-order chi connectivity index (χ0) is 9.40. The molecule has 0 aromatic rings. The highest BCUT2D eigenvalue weighted by molar-refractivity contribution is 8.00. The lowest BCUT2D eigenvalue weighted by atomic mass is 10.2. The molecular weight excluding hydrogens is 172 g/mol. The highest BCUT2D eigenvalue weighted by atomic mass is 32.2. The van der Waals surface area contributed by atoms with Gasteiger partial charge in [-0.3, -0.25) is 4.79 Å². The van der Waals surface area contributed by atoms with Crippen molar-refractivity contribution < 1.29 is 9.90 Å². The highest BCUT2D eigenvalue weighted by Crippen LogP contribution is 2.17. The topological polar surface area (TPSA) is 37.3 Å². The van der Waals surface area contributed by atoms with Crippen LogP contribution in [0.15, 0.2) is 12.7 Å². The van der Waals surface area contributed by atoms with Crippen molar-refractivity contribution in [3.63, 3.8) is 0 Å². The number of hydrogen-bond donors (Lipinski definition) is 1. The Labute approximate surface area is 78.0 Å². The fourth-order valence-electron chi connectivity index (χ4n) is 0.834. The minimum absolute atomic E-state index is 0.227. The quantitative estimate of drug-likeness (QED) is 0.493. The Bertz CT molecular complexity index is 145. The van der Waals surface area contributed by atoms with Crippen molar-refractivity contribution in [2.45, 2.75) is 31.4 Å². The van der Waals surface area contributed by atoms with E-state index in [0.717, 1.165) is 25.0 Å². The second kappa shape index (κ2) is 7.22. The van der Waals surface area contributed by atoms with Gasteiger partial charge in [-0.25, -0.2) is 0 Å². The maximum Gasteiger partial charge on any atom is 0.316 e. The standard InChI is InChI=1S/C9H16O2S/c1-3-5-7-12-8(6-4-2)9(10)11/h3,8H,1,4-7H2,2H3,(H,10,11). The van der Waals surface area contributed by atoms with Gasteiger partial charge in [-0.05, 0) is 18.6 Å². The van der Waals surface area contributed by atoms with Crippen molar-refractivity contribution in [1.82, 2.24) is 0 Å². The van der Waals surface area contributed by atoms with Crippen molar-refractivity contribution in [3.05, 3.63) is 12.7 Å². The summed E-state index contributed by atoms with van der Waals surface area (Å²) in [6, 6.07) is 0. The fourth-order valence-corrected chi connectivity index (χ4v) is 1.97. The molecule has 0 amide bonds. The maximum atomic E-state index is 10.6. The summed E-state index contributed by atoms with van der Waals surface area (Å²) in [6.45, 7) is 5.59. The molecule has 0 aliphatic heterocycles. The van der Waals surface area contributed by atoms with Gasteiger partial charge in [-0.2, -0.15) is 0 Å².